The van der Waals surface area contributed by atoms with Crippen LogP contribution in [0.5, 0.6) is 11.5 Å². The Morgan fingerprint density at radius 3 is 2.48 bits per heavy atom. The van der Waals surface area contributed by atoms with Crippen molar-refractivity contribution < 1.29 is 18.7 Å². The lowest BCUT2D eigenvalue weighted by atomic mass is 10.3. The van der Waals surface area contributed by atoms with Gasteiger partial charge in [-0.15, -0.1) is 0 Å². The van der Waals surface area contributed by atoms with Gasteiger partial charge in [-0.1, -0.05) is 24.3 Å². The van der Waals surface area contributed by atoms with Gasteiger partial charge in [0.2, 0.25) is 0 Å². The predicted molar refractivity (Wildman–Crippen MR) is 101 cm³/mol. The van der Waals surface area contributed by atoms with Crippen LogP contribution in [0.3, 0.4) is 0 Å². The van der Waals surface area contributed by atoms with Crippen molar-refractivity contribution in [2.24, 2.45) is 0 Å². The third kappa shape index (κ3) is 4.94. The summed E-state index contributed by atoms with van der Waals surface area (Å²) in [5, 5.41) is 5.56. The summed E-state index contributed by atoms with van der Waals surface area (Å²) in [5.74, 6) is 0.791. The van der Waals surface area contributed by atoms with Crippen LogP contribution >= 0.6 is 0 Å². The fourth-order valence-corrected chi connectivity index (χ4v) is 2.32. The summed E-state index contributed by atoms with van der Waals surface area (Å²) in [4.78, 5) is 16.2. The summed E-state index contributed by atoms with van der Waals surface area (Å²) in [7, 11) is 1.53. The fourth-order valence-electron chi connectivity index (χ4n) is 2.32. The molecular formula is C20H18FN3O3. The second-order valence-electron chi connectivity index (χ2n) is 5.52. The molecule has 3 aromatic rings. The monoisotopic (exact) mass is 367 g/mol. The molecule has 0 aliphatic carbocycles. The summed E-state index contributed by atoms with van der Waals surface area (Å²) >= 11 is 0. The van der Waals surface area contributed by atoms with Gasteiger partial charge >= 0.3 is 0 Å². The van der Waals surface area contributed by atoms with Crippen LogP contribution in [-0.2, 0) is 4.79 Å². The number of rotatable bonds is 7. The molecule has 0 spiro atoms. The molecule has 0 fully saturated rings. The standard InChI is InChI=1S/C20H18FN3O3/c1-26-17-8-4-5-9-18(17)27-13-20(25)23-14-10-11-19(22-12-14)24-16-7-3-2-6-15(16)21/h2-12H,13H2,1H3,(H,22,24)(H,23,25). The van der Waals surface area contributed by atoms with Crippen molar-refractivity contribution in [3.63, 3.8) is 0 Å². The number of carbonyl (C=O) groups excluding carboxylic acids is 1. The average Bonchev–Trinajstić information content (AvgIpc) is 2.70. The number of methoxy groups -OCH3 is 1. The molecule has 2 aromatic carbocycles. The third-order valence-corrected chi connectivity index (χ3v) is 3.61. The summed E-state index contributed by atoms with van der Waals surface area (Å²) in [5.41, 5.74) is 0.828. The minimum Gasteiger partial charge on any atom is -0.493 e. The molecule has 0 unspecified atom stereocenters. The van der Waals surface area contributed by atoms with Gasteiger partial charge in [0.05, 0.1) is 24.7 Å². The molecule has 2 N–H and O–H groups in total. The van der Waals surface area contributed by atoms with Crippen LogP contribution < -0.4 is 20.1 Å². The van der Waals surface area contributed by atoms with Crippen LogP contribution in [0.25, 0.3) is 0 Å². The predicted octanol–water partition coefficient (Wildman–Crippen LogP) is 3.99. The number of nitrogens with zero attached hydrogens (tertiary/aromatic N) is 1. The van der Waals surface area contributed by atoms with Gasteiger partial charge in [0.25, 0.3) is 5.91 Å². The Bertz CT molecular complexity index is 916. The summed E-state index contributed by atoms with van der Waals surface area (Å²) in [6.07, 6.45) is 1.48. The summed E-state index contributed by atoms with van der Waals surface area (Å²) < 4.78 is 24.3. The second kappa shape index (κ2) is 8.66. The van der Waals surface area contributed by atoms with Crippen LogP contribution in [0.15, 0.2) is 66.9 Å². The molecule has 0 aliphatic rings. The van der Waals surface area contributed by atoms with Crippen molar-refractivity contribution in [3.05, 3.63) is 72.7 Å². The van der Waals surface area contributed by atoms with E-state index in [-0.39, 0.29) is 18.3 Å². The maximum absolute atomic E-state index is 13.6. The fraction of sp³-hybridized carbons (Fsp3) is 0.100. The molecule has 1 heterocycles. The molecule has 0 atom stereocenters. The van der Waals surface area contributed by atoms with Crippen molar-refractivity contribution in [1.82, 2.24) is 4.98 Å². The molecule has 0 aliphatic heterocycles. The van der Waals surface area contributed by atoms with Crippen LogP contribution in [0.2, 0.25) is 0 Å². The molecule has 0 radical (unpaired) electrons. The maximum Gasteiger partial charge on any atom is 0.262 e. The number of hydrogen-bond donors (Lipinski definition) is 2. The maximum atomic E-state index is 13.6. The number of halogens is 1. The number of hydrogen-bond acceptors (Lipinski definition) is 5. The summed E-state index contributed by atoms with van der Waals surface area (Å²) in [6, 6.07) is 16.7. The molecule has 138 valence electrons. The SMILES string of the molecule is COc1ccccc1OCC(=O)Nc1ccc(Nc2ccccc2F)nc1. The molecular weight excluding hydrogens is 349 g/mol. The first-order valence-corrected chi connectivity index (χ1v) is 8.19. The number of anilines is 3. The highest BCUT2D eigenvalue weighted by Gasteiger charge is 2.08. The zero-order chi connectivity index (χ0) is 19.1. The Labute approximate surface area is 156 Å². The minimum absolute atomic E-state index is 0.171. The summed E-state index contributed by atoms with van der Waals surface area (Å²) in [6.45, 7) is -0.171. The van der Waals surface area contributed by atoms with E-state index in [1.165, 1.54) is 19.4 Å². The van der Waals surface area contributed by atoms with E-state index in [0.717, 1.165) is 0 Å². The van der Waals surface area contributed by atoms with E-state index in [9.17, 15) is 9.18 Å². The molecule has 0 saturated heterocycles. The second-order valence-corrected chi connectivity index (χ2v) is 5.52. The van der Waals surface area contributed by atoms with E-state index in [2.05, 4.69) is 15.6 Å². The third-order valence-electron chi connectivity index (χ3n) is 3.61. The Hall–Kier alpha value is -3.61. The van der Waals surface area contributed by atoms with E-state index in [4.69, 9.17) is 9.47 Å². The molecule has 7 heteroatoms. The Morgan fingerprint density at radius 1 is 1.04 bits per heavy atom. The van der Waals surface area contributed by atoms with Gasteiger partial charge < -0.3 is 20.1 Å². The Morgan fingerprint density at radius 2 is 1.78 bits per heavy atom. The number of ether oxygens (including phenoxy) is 2. The Kier molecular flexibility index (Phi) is 5.84. The average molecular weight is 367 g/mol. The number of carbonyl (C=O) groups is 1. The lowest BCUT2D eigenvalue weighted by Gasteiger charge is -2.11. The molecule has 3 rings (SSSR count). The molecule has 0 saturated carbocycles. The van der Waals surface area contributed by atoms with Crippen molar-refractivity contribution in [2.75, 3.05) is 24.4 Å². The Balaban J connectivity index is 1.55. The van der Waals surface area contributed by atoms with Crippen molar-refractivity contribution in [1.29, 1.82) is 0 Å². The smallest absolute Gasteiger partial charge is 0.262 e. The van der Waals surface area contributed by atoms with Gasteiger partial charge in [0.15, 0.2) is 18.1 Å². The number of pyridine rings is 1. The molecule has 1 aromatic heterocycles. The first-order chi connectivity index (χ1) is 13.2. The van der Waals surface area contributed by atoms with E-state index in [1.807, 2.05) is 6.07 Å². The number of amides is 1. The van der Waals surface area contributed by atoms with E-state index >= 15 is 0 Å². The lowest BCUT2D eigenvalue weighted by molar-refractivity contribution is -0.118. The van der Waals surface area contributed by atoms with Gasteiger partial charge in [0, 0.05) is 0 Å². The quantitative estimate of drug-likeness (QED) is 0.661. The van der Waals surface area contributed by atoms with Gasteiger partial charge in [-0.25, -0.2) is 9.37 Å². The minimum atomic E-state index is -0.370. The van der Waals surface area contributed by atoms with Gasteiger partial charge in [-0.2, -0.15) is 0 Å². The number of aromatic nitrogens is 1. The largest absolute Gasteiger partial charge is 0.493 e. The van der Waals surface area contributed by atoms with Crippen LogP contribution in [-0.4, -0.2) is 24.6 Å². The molecule has 27 heavy (non-hydrogen) atoms. The zero-order valence-corrected chi connectivity index (χ0v) is 14.6. The van der Waals surface area contributed by atoms with E-state index in [0.29, 0.717) is 28.7 Å². The van der Waals surface area contributed by atoms with Gasteiger partial charge in [-0.3, -0.25) is 4.79 Å². The zero-order valence-electron chi connectivity index (χ0n) is 14.6. The molecule has 6 nitrogen and oxygen atoms in total. The highest BCUT2D eigenvalue weighted by molar-refractivity contribution is 5.91. The van der Waals surface area contributed by atoms with Crippen LogP contribution in [0.4, 0.5) is 21.6 Å². The number of para-hydroxylation sites is 3. The highest BCUT2D eigenvalue weighted by atomic mass is 19.1. The van der Waals surface area contributed by atoms with E-state index < -0.39 is 0 Å². The van der Waals surface area contributed by atoms with Gasteiger partial charge in [-0.05, 0) is 36.4 Å². The van der Waals surface area contributed by atoms with E-state index in [1.54, 1.807) is 48.5 Å². The van der Waals surface area contributed by atoms with Crippen molar-refractivity contribution in [2.45, 2.75) is 0 Å². The van der Waals surface area contributed by atoms with Crippen LogP contribution in [0.1, 0.15) is 0 Å². The topological polar surface area (TPSA) is 72.5 Å². The first-order valence-electron chi connectivity index (χ1n) is 8.19. The number of benzene rings is 2. The van der Waals surface area contributed by atoms with Crippen molar-refractivity contribution >= 4 is 23.1 Å². The van der Waals surface area contributed by atoms with Gasteiger partial charge in [0.1, 0.15) is 11.6 Å². The normalized spacial score (nSPS) is 10.1. The lowest BCUT2D eigenvalue weighted by Crippen LogP contribution is -2.20. The molecule has 1 amide bonds. The molecule has 0 bridgehead atoms. The highest BCUT2D eigenvalue weighted by Crippen LogP contribution is 2.25. The number of nitrogens with one attached hydrogen (secondary N) is 2. The van der Waals surface area contributed by atoms with Crippen molar-refractivity contribution in [3.8, 4) is 11.5 Å². The first kappa shape index (κ1) is 18.2. The van der Waals surface area contributed by atoms with Crippen LogP contribution in [0, 0.1) is 5.82 Å².